The number of benzene rings is 2. The number of halogens is 2. The molecule has 0 aliphatic heterocycles. The molecule has 8 heteroatoms. The van der Waals surface area contributed by atoms with Gasteiger partial charge in [0.05, 0.1) is 10.5 Å². The van der Waals surface area contributed by atoms with Crippen molar-refractivity contribution in [3.63, 3.8) is 0 Å². The van der Waals surface area contributed by atoms with Crippen LogP contribution in [0.5, 0.6) is 5.75 Å². The molecule has 22 heavy (non-hydrogen) atoms. The van der Waals surface area contributed by atoms with Gasteiger partial charge in [0.2, 0.25) is 0 Å². The summed E-state index contributed by atoms with van der Waals surface area (Å²) < 4.78 is 13.3. The van der Waals surface area contributed by atoms with Crippen LogP contribution in [0.1, 0.15) is 15.9 Å². The van der Waals surface area contributed by atoms with Crippen molar-refractivity contribution in [2.45, 2.75) is 6.54 Å². The lowest BCUT2D eigenvalue weighted by molar-refractivity contribution is -0.384. The zero-order valence-electron chi connectivity index (χ0n) is 11.0. The summed E-state index contributed by atoms with van der Waals surface area (Å²) in [4.78, 5) is 22.1. The Morgan fingerprint density at radius 3 is 2.68 bits per heavy atom. The molecule has 1 amide bonds. The quantitative estimate of drug-likeness (QED) is 0.640. The average Bonchev–Trinajstić information content (AvgIpc) is 2.45. The van der Waals surface area contributed by atoms with Crippen molar-refractivity contribution in [2.24, 2.45) is 0 Å². The summed E-state index contributed by atoms with van der Waals surface area (Å²) in [5, 5.41) is 22.9. The molecule has 0 fully saturated rings. The molecule has 0 aromatic heterocycles. The molecule has 0 saturated carbocycles. The van der Waals surface area contributed by atoms with Crippen molar-refractivity contribution < 1.29 is 19.2 Å². The van der Waals surface area contributed by atoms with Gasteiger partial charge in [-0.15, -0.1) is 0 Å². The normalized spacial score (nSPS) is 10.3. The monoisotopic (exact) mass is 368 g/mol. The van der Waals surface area contributed by atoms with Crippen LogP contribution in [0.15, 0.2) is 40.9 Å². The number of hydrogen-bond acceptors (Lipinski definition) is 4. The van der Waals surface area contributed by atoms with Gasteiger partial charge in [0.15, 0.2) is 0 Å². The number of phenols is 1. The summed E-state index contributed by atoms with van der Waals surface area (Å²) in [5.74, 6) is -1.15. The van der Waals surface area contributed by atoms with Gasteiger partial charge in [-0.05, 0) is 40.2 Å². The Morgan fingerprint density at radius 2 is 2.05 bits per heavy atom. The van der Waals surface area contributed by atoms with Crippen molar-refractivity contribution in [1.29, 1.82) is 0 Å². The number of amides is 1. The minimum Gasteiger partial charge on any atom is -0.508 e. The van der Waals surface area contributed by atoms with E-state index in [-0.39, 0.29) is 33.6 Å². The molecule has 2 aromatic carbocycles. The van der Waals surface area contributed by atoms with Crippen molar-refractivity contribution in [1.82, 2.24) is 5.32 Å². The summed E-state index contributed by atoms with van der Waals surface area (Å²) in [6.07, 6.45) is 0. The fourth-order valence-electron chi connectivity index (χ4n) is 1.77. The maximum Gasteiger partial charge on any atom is 0.270 e. The Morgan fingerprint density at radius 1 is 1.32 bits per heavy atom. The number of non-ortho nitro benzene ring substituents is 1. The first kappa shape index (κ1) is 15.9. The van der Waals surface area contributed by atoms with E-state index in [0.717, 1.165) is 18.2 Å². The minimum atomic E-state index is -0.596. The topological polar surface area (TPSA) is 92.5 Å². The highest BCUT2D eigenvalue weighted by molar-refractivity contribution is 9.10. The Kier molecular flexibility index (Phi) is 4.71. The third kappa shape index (κ3) is 3.59. The lowest BCUT2D eigenvalue weighted by Gasteiger charge is -2.08. The Balaban J connectivity index is 2.14. The number of aromatic hydroxyl groups is 1. The zero-order chi connectivity index (χ0) is 16.3. The van der Waals surface area contributed by atoms with Crippen LogP contribution >= 0.6 is 15.9 Å². The number of nitro benzene ring substituents is 1. The molecular formula is C14H10BrFN2O4. The van der Waals surface area contributed by atoms with Gasteiger partial charge in [-0.25, -0.2) is 4.39 Å². The van der Waals surface area contributed by atoms with Gasteiger partial charge in [-0.1, -0.05) is 0 Å². The Hall–Kier alpha value is -2.48. The van der Waals surface area contributed by atoms with Crippen LogP contribution in [0.3, 0.4) is 0 Å². The fourth-order valence-corrected chi connectivity index (χ4v) is 2.30. The van der Waals surface area contributed by atoms with Crippen LogP contribution in [0.4, 0.5) is 10.1 Å². The Bertz CT molecular complexity index is 752. The van der Waals surface area contributed by atoms with Crippen molar-refractivity contribution in [2.75, 3.05) is 0 Å². The molecule has 0 radical (unpaired) electrons. The standard InChI is InChI=1S/C14H10BrFN2O4/c15-12-6-9(16)1-3-11(12)14(20)17-7-8-5-10(18(21)22)2-4-13(8)19/h1-6,19H,7H2,(H,17,20). The summed E-state index contributed by atoms with van der Waals surface area (Å²) in [5.41, 5.74) is 0.233. The van der Waals surface area contributed by atoms with E-state index in [0.29, 0.717) is 0 Å². The first-order valence-electron chi connectivity index (χ1n) is 6.08. The highest BCUT2D eigenvalue weighted by atomic mass is 79.9. The summed E-state index contributed by atoms with van der Waals surface area (Å²) in [6.45, 7) is -0.101. The number of nitrogens with zero attached hydrogens (tertiary/aromatic N) is 1. The molecule has 0 aliphatic carbocycles. The highest BCUT2D eigenvalue weighted by Crippen LogP contribution is 2.23. The summed E-state index contributed by atoms with van der Waals surface area (Å²) >= 11 is 3.08. The molecule has 0 atom stereocenters. The number of hydrogen-bond donors (Lipinski definition) is 2. The zero-order valence-corrected chi connectivity index (χ0v) is 12.6. The number of carbonyl (C=O) groups is 1. The predicted molar refractivity (Wildman–Crippen MR) is 80.0 cm³/mol. The van der Waals surface area contributed by atoms with Gasteiger partial charge in [-0.3, -0.25) is 14.9 Å². The van der Waals surface area contributed by atoms with Crippen LogP contribution in [-0.2, 0) is 6.54 Å². The van der Waals surface area contributed by atoms with Crippen LogP contribution in [0.25, 0.3) is 0 Å². The first-order valence-corrected chi connectivity index (χ1v) is 6.87. The van der Waals surface area contributed by atoms with Crippen molar-refractivity contribution in [3.8, 4) is 5.75 Å². The van der Waals surface area contributed by atoms with Crippen LogP contribution < -0.4 is 5.32 Å². The number of phenolic OH excluding ortho intramolecular Hbond substituents is 1. The minimum absolute atomic E-state index is 0.101. The SMILES string of the molecule is O=C(NCc1cc([N+](=O)[O-])ccc1O)c1ccc(F)cc1Br. The third-order valence-corrected chi connectivity index (χ3v) is 3.55. The molecule has 6 nitrogen and oxygen atoms in total. The fraction of sp³-hybridized carbons (Fsp3) is 0.0714. The molecule has 114 valence electrons. The average molecular weight is 369 g/mol. The van der Waals surface area contributed by atoms with E-state index < -0.39 is 16.6 Å². The van der Waals surface area contributed by atoms with Crippen LogP contribution in [0.2, 0.25) is 0 Å². The predicted octanol–water partition coefficient (Wildman–Crippen LogP) is 3.13. The van der Waals surface area contributed by atoms with E-state index in [2.05, 4.69) is 21.2 Å². The number of nitrogens with one attached hydrogen (secondary N) is 1. The molecular weight excluding hydrogens is 359 g/mol. The number of carbonyl (C=O) groups excluding carboxylic acids is 1. The van der Waals surface area contributed by atoms with E-state index in [1.807, 2.05) is 0 Å². The van der Waals surface area contributed by atoms with Crippen molar-refractivity contribution in [3.05, 3.63) is 67.9 Å². The molecule has 2 N–H and O–H groups in total. The molecule has 0 saturated heterocycles. The van der Waals surface area contributed by atoms with E-state index in [4.69, 9.17) is 0 Å². The van der Waals surface area contributed by atoms with E-state index in [1.165, 1.54) is 18.2 Å². The number of rotatable bonds is 4. The van der Waals surface area contributed by atoms with Gasteiger partial charge >= 0.3 is 0 Å². The number of nitro groups is 1. The molecule has 0 unspecified atom stereocenters. The van der Waals surface area contributed by atoms with Crippen LogP contribution in [-0.4, -0.2) is 15.9 Å². The van der Waals surface area contributed by atoms with Gasteiger partial charge in [0, 0.05) is 28.7 Å². The summed E-state index contributed by atoms with van der Waals surface area (Å²) in [6, 6.07) is 7.13. The molecule has 2 aromatic rings. The second-order valence-corrected chi connectivity index (χ2v) is 5.23. The molecule has 0 bridgehead atoms. The lowest BCUT2D eigenvalue weighted by atomic mass is 10.1. The second kappa shape index (κ2) is 6.52. The largest absolute Gasteiger partial charge is 0.508 e. The van der Waals surface area contributed by atoms with Crippen molar-refractivity contribution >= 4 is 27.5 Å². The van der Waals surface area contributed by atoms with Gasteiger partial charge in [-0.2, -0.15) is 0 Å². The maximum absolute atomic E-state index is 13.0. The van der Waals surface area contributed by atoms with E-state index in [9.17, 15) is 24.4 Å². The smallest absolute Gasteiger partial charge is 0.270 e. The van der Waals surface area contributed by atoms with Crippen LogP contribution in [0, 0.1) is 15.9 Å². The third-order valence-electron chi connectivity index (χ3n) is 2.89. The van der Waals surface area contributed by atoms with E-state index in [1.54, 1.807) is 0 Å². The van der Waals surface area contributed by atoms with Gasteiger partial charge < -0.3 is 10.4 Å². The lowest BCUT2D eigenvalue weighted by Crippen LogP contribution is -2.23. The highest BCUT2D eigenvalue weighted by Gasteiger charge is 2.14. The molecule has 2 rings (SSSR count). The second-order valence-electron chi connectivity index (χ2n) is 4.38. The molecule has 0 spiro atoms. The maximum atomic E-state index is 13.0. The van der Waals surface area contributed by atoms with Gasteiger partial charge in [0.1, 0.15) is 11.6 Å². The van der Waals surface area contributed by atoms with E-state index >= 15 is 0 Å². The molecule has 0 heterocycles. The molecule has 0 aliphatic rings. The van der Waals surface area contributed by atoms with Gasteiger partial charge in [0.25, 0.3) is 11.6 Å². The summed E-state index contributed by atoms with van der Waals surface area (Å²) in [7, 11) is 0. The first-order chi connectivity index (χ1) is 10.4. The Labute approximate surface area is 132 Å².